The van der Waals surface area contributed by atoms with Crippen molar-refractivity contribution in [3.8, 4) is 0 Å². The molecule has 0 fully saturated rings. The highest BCUT2D eigenvalue weighted by molar-refractivity contribution is 7.09. The summed E-state index contributed by atoms with van der Waals surface area (Å²) in [7, 11) is 0. The van der Waals surface area contributed by atoms with Crippen molar-refractivity contribution in [1.82, 2.24) is 10.3 Å². The molecular formula is C14H22N2O3S. The Morgan fingerprint density at radius 1 is 1.45 bits per heavy atom. The quantitative estimate of drug-likeness (QED) is 0.773. The van der Waals surface area contributed by atoms with E-state index in [2.05, 4.69) is 10.3 Å². The van der Waals surface area contributed by atoms with Crippen molar-refractivity contribution in [3.05, 3.63) is 16.6 Å². The van der Waals surface area contributed by atoms with Gasteiger partial charge in [-0.15, -0.1) is 11.3 Å². The number of aromatic nitrogens is 1. The van der Waals surface area contributed by atoms with Crippen molar-refractivity contribution in [2.24, 2.45) is 5.41 Å². The predicted molar refractivity (Wildman–Crippen MR) is 78.8 cm³/mol. The number of carbonyl (C=O) groups excluding carboxylic acids is 1. The second-order valence-corrected chi connectivity index (χ2v) is 5.97. The van der Waals surface area contributed by atoms with E-state index in [4.69, 9.17) is 0 Å². The average Bonchev–Trinajstić information content (AvgIpc) is 2.96. The molecule has 0 spiro atoms. The largest absolute Gasteiger partial charge is 0.481 e. The molecule has 0 radical (unpaired) electrons. The molecule has 2 N–H and O–H groups in total. The van der Waals surface area contributed by atoms with Gasteiger partial charge in [0.1, 0.15) is 0 Å². The first-order chi connectivity index (χ1) is 9.45. The van der Waals surface area contributed by atoms with E-state index in [-0.39, 0.29) is 18.2 Å². The van der Waals surface area contributed by atoms with Crippen LogP contribution in [0.25, 0.3) is 0 Å². The number of carboxylic acids is 1. The van der Waals surface area contributed by atoms with Gasteiger partial charge in [0.15, 0.2) is 0 Å². The van der Waals surface area contributed by atoms with Gasteiger partial charge in [0.25, 0.3) is 0 Å². The number of nitrogens with zero attached hydrogens (tertiary/aromatic N) is 1. The molecule has 5 nitrogen and oxygen atoms in total. The molecule has 0 aliphatic rings. The van der Waals surface area contributed by atoms with Gasteiger partial charge in [-0.3, -0.25) is 9.59 Å². The smallest absolute Gasteiger partial charge is 0.310 e. The summed E-state index contributed by atoms with van der Waals surface area (Å²) in [5.74, 6) is -0.966. The van der Waals surface area contributed by atoms with Crippen molar-refractivity contribution in [3.63, 3.8) is 0 Å². The van der Waals surface area contributed by atoms with Crippen LogP contribution in [0.15, 0.2) is 11.6 Å². The molecule has 1 unspecified atom stereocenters. The molecule has 0 aliphatic carbocycles. The zero-order chi connectivity index (χ0) is 15.2. The highest BCUT2D eigenvalue weighted by Crippen LogP contribution is 2.30. The lowest BCUT2D eigenvalue weighted by molar-refractivity contribution is -0.152. The molecule has 20 heavy (non-hydrogen) atoms. The van der Waals surface area contributed by atoms with Crippen molar-refractivity contribution in [2.45, 2.75) is 46.0 Å². The van der Waals surface area contributed by atoms with Crippen LogP contribution in [-0.4, -0.2) is 28.5 Å². The maximum atomic E-state index is 12.0. The molecule has 0 saturated heterocycles. The van der Waals surface area contributed by atoms with E-state index in [1.54, 1.807) is 17.5 Å². The van der Waals surface area contributed by atoms with E-state index in [1.807, 2.05) is 26.2 Å². The fourth-order valence-corrected chi connectivity index (χ4v) is 2.78. The molecule has 1 aromatic heterocycles. The summed E-state index contributed by atoms with van der Waals surface area (Å²) in [5, 5.41) is 15.0. The zero-order valence-electron chi connectivity index (χ0n) is 12.2. The molecule has 112 valence electrons. The molecule has 0 bridgehead atoms. The van der Waals surface area contributed by atoms with Crippen LogP contribution in [0.1, 0.15) is 51.0 Å². The molecule has 1 atom stereocenters. The highest BCUT2D eigenvalue weighted by Gasteiger charge is 2.37. The van der Waals surface area contributed by atoms with Crippen molar-refractivity contribution in [2.75, 3.05) is 6.54 Å². The van der Waals surface area contributed by atoms with Crippen LogP contribution in [0.3, 0.4) is 0 Å². The van der Waals surface area contributed by atoms with E-state index >= 15 is 0 Å². The fourth-order valence-electron chi connectivity index (χ4n) is 2.08. The van der Waals surface area contributed by atoms with Crippen LogP contribution >= 0.6 is 11.3 Å². The average molecular weight is 298 g/mol. The summed E-state index contributed by atoms with van der Waals surface area (Å²) in [5.41, 5.74) is -0.950. The Morgan fingerprint density at radius 3 is 2.55 bits per heavy atom. The summed E-state index contributed by atoms with van der Waals surface area (Å²) in [4.78, 5) is 27.5. The lowest BCUT2D eigenvalue weighted by atomic mass is 9.79. The van der Waals surface area contributed by atoms with Crippen molar-refractivity contribution in [1.29, 1.82) is 0 Å². The second kappa shape index (κ2) is 7.38. The van der Waals surface area contributed by atoms with Gasteiger partial charge in [-0.1, -0.05) is 20.8 Å². The molecule has 1 aromatic rings. The van der Waals surface area contributed by atoms with Crippen molar-refractivity contribution < 1.29 is 14.7 Å². The number of aliphatic carboxylic acids is 1. The van der Waals surface area contributed by atoms with Crippen LogP contribution in [0.5, 0.6) is 0 Å². The number of amides is 1. The normalized spacial score (nSPS) is 12.9. The third kappa shape index (κ3) is 4.03. The number of carbonyl (C=O) groups is 2. The minimum Gasteiger partial charge on any atom is -0.481 e. The summed E-state index contributed by atoms with van der Waals surface area (Å²) < 4.78 is 0. The molecule has 0 aromatic carbocycles. The predicted octanol–water partition coefficient (Wildman–Crippen LogP) is 2.64. The maximum absolute atomic E-state index is 12.0. The van der Waals surface area contributed by atoms with E-state index in [0.29, 0.717) is 19.4 Å². The summed E-state index contributed by atoms with van der Waals surface area (Å²) in [6.07, 6.45) is 2.67. The molecule has 1 amide bonds. The first-order valence-electron chi connectivity index (χ1n) is 6.84. The van der Waals surface area contributed by atoms with Gasteiger partial charge in [0.05, 0.1) is 10.4 Å². The molecule has 0 saturated carbocycles. The number of hydrogen-bond donors (Lipinski definition) is 2. The lowest BCUT2D eigenvalue weighted by Crippen LogP contribution is -2.37. The van der Waals surface area contributed by atoms with Gasteiger partial charge in [0, 0.05) is 30.5 Å². The summed E-state index contributed by atoms with van der Waals surface area (Å²) in [6, 6.07) is 0. The Bertz CT molecular complexity index is 441. The molecule has 1 rings (SSSR count). The minimum absolute atomic E-state index is 0.0277. The first-order valence-corrected chi connectivity index (χ1v) is 7.72. The third-order valence-corrected chi connectivity index (χ3v) is 4.79. The molecule has 0 aliphatic heterocycles. The Hall–Kier alpha value is -1.43. The Morgan fingerprint density at radius 2 is 2.10 bits per heavy atom. The van der Waals surface area contributed by atoms with E-state index in [0.717, 1.165) is 5.01 Å². The monoisotopic (exact) mass is 298 g/mol. The lowest BCUT2D eigenvalue weighted by Gasteiger charge is -2.26. The van der Waals surface area contributed by atoms with Crippen molar-refractivity contribution >= 4 is 23.2 Å². The van der Waals surface area contributed by atoms with Gasteiger partial charge >= 0.3 is 5.97 Å². The Kier molecular flexibility index (Phi) is 6.13. The van der Waals surface area contributed by atoms with Crippen LogP contribution in [-0.2, 0) is 9.59 Å². The topological polar surface area (TPSA) is 79.3 Å². The first kappa shape index (κ1) is 16.6. The van der Waals surface area contributed by atoms with E-state index < -0.39 is 11.4 Å². The zero-order valence-corrected chi connectivity index (χ0v) is 13.0. The highest BCUT2D eigenvalue weighted by atomic mass is 32.1. The van der Waals surface area contributed by atoms with Crippen LogP contribution < -0.4 is 5.32 Å². The molecule has 6 heteroatoms. The standard InChI is InChI=1S/C14H22N2O3S/c1-4-14(5-2,13(18)19)8-11(17)16-9-10(3)12-15-6-7-20-12/h6-7,10H,4-5,8-9H2,1-3H3,(H,16,17)(H,18,19). The van der Waals surface area contributed by atoms with Crippen LogP contribution in [0.4, 0.5) is 0 Å². The number of nitrogens with one attached hydrogen (secondary N) is 1. The SMILES string of the molecule is CCC(CC)(CC(=O)NCC(C)c1nccs1)C(=O)O. The van der Waals surface area contributed by atoms with E-state index in [1.165, 1.54) is 0 Å². The summed E-state index contributed by atoms with van der Waals surface area (Å²) in [6.45, 7) is 6.09. The summed E-state index contributed by atoms with van der Waals surface area (Å²) >= 11 is 1.55. The van der Waals surface area contributed by atoms with Gasteiger partial charge in [-0.2, -0.15) is 0 Å². The maximum Gasteiger partial charge on any atom is 0.310 e. The second-order valence-electron chi connectivity index (χ2n) is 5.04. The number of thiazole rings is 1. The van der Waals surface area contributed by atoms with E-state index in [9.17, 15) is 14.7 Å². The van der Waals surface area contributed by atoms with Gasteiger partial charge in [-0.25, -0.2) is 4.98 Å². The minimum atomic E-state index is -0.950. The Balaban J connectivity index is 2.52. The number of carboxylic acid groups (broad SMARTS) is 1. The van der Waals surface area contributed by atoms with Crippen LogP contribution in [0, 0.1) is 5.41 Å². The van der Waals surface area contributed by atoms with Crippen LogP contribution in [0.2, 0.25) is 0 Å². The molecular weight excluding hydrogens is 276 g/mol. The Labute approximate surface area is 123 Å². The third-order valence-electron chi connectivity index (χ3n) is 3.78. The van der Waals surface area contributed by atoms with Gasteiger partial charge in [0.2, 0.25) is 5.91 Å². The van der Waals surface area contributed by atoms with Gasteiger partial charge in [-0.05, 0) is 12.8 Å². The fraction of sp³-hybridized carbons (Fsp3) is 0.643. The molecule has 1 heterocycles. The number of hydrogen-bond acceptors (Lipinski definition) is 4. The number of rotatable bonds is 8. The van der Waals surface area contributed by atoms with Gasteiger partial charge < -0.3 is 10.4 Å².